The lowest BCUT2D eigenvalue weighted by molar-refractivity contribution is 0.222. The number of anilines is 1. The quantitative estimate of drug-likeness (QED) is 0.327. The van der Waals surface area contributed by atoms with E-state index in [1.54, 1.807) is 0 Å². The minimum absolute atomic E-state index is 0. The average Bonchev–Trinajstić information content (AvgIpc) is 3.23. The molecule has 1 fully saturated rings. The Morgan fingerprint density at radius 2 is 1.75 bits per heavy atom. The van der Waals surface area contributed by atoms with Crippen molar-refractivity contribution in [1.29, 1.82) is 0 Å². The van der Waals surface area contributed by atoms with Gasteiger partial charge in [-0.3, -0.25) is 0 Å². The monoisotopic (exact) mass is 493 g/mol. The van der Waals surface area contributed by atoms with Gasteiger partial charge < -0.3 is 21.3 Å². The molecule has 1 aliphatic heterocycles. The highest BCUT2D eigenvalue weighted by molar-refractivity contribution is 14.0. The molecule has 0 aliphatic carbocycles. The minimum atomic E-state index is -0.0322. The van der Waals surface area contributed by atoms with E-state index in [0.717, 1.165) is 50.1 Å². The molecule has 1 aliphatic rings. The number of aliphatic imine (C=N–C) groups is 1. The van der Waals surface area contributed by atoms with E-state index in [1.165, 1.54) is 5.56 Å². The maximum atomic E-state index is 12.2. The number of amides is 2. The normalized spacial score (nSPS) is 13.7. The first-order chi connectivity index (χ1) is 13.2. The van der Waals surface area contributed by atoms with Crippen LogP contribution in [0.5, 0.6) is 0 Å². The summed E-state index contributed by atoms with van der Waals surface area (Å²) in [6, 6.07) is 18.0. The van der Waals surface area contributed by atoms with Crippen LogP contribution in [0.2, 0.25) is 0 Å². The van der Waals surface area contributed by atoms with Crippen molar-refractivity contribution in [1.82, 2.24) is 10.2 Å². The average molecular weight is 493 g/mol. The standard InChI is InChI=1S/C21H27N5O.HI/c22-20(23-12-11-17-7-2-1-3-8-17)24-16-18-9-6-10-19(15-18)25-21(27)26-13-4-5-14-26;/h1-3,6-10,15H,4-5,11-14,16H2,(H,25,27)(H3,22,23,24);1H. The number of likely N-dealkylation sites (tertiary alicyclic amines) is 1. The molecule has 1 saturated heterocycles. The Morgan fingerprint density at radius 3 is 2.50 bits per heavy atom. The molecule has 0 bridgehead atoms. The fourth-order valence-electron chi connectivity index (χ4n) is 3.08. The van der Waals surface area contributed by atoms with Crippen LogP contribution >= 0.6 is 24.0 Å². The molecule has 2 aromatic carbocycles. The highest BCUT2D eigenvalue weighted by Crippen LogP contribution is 2.14. The van der Waals surface area contributed by atoms with E-state index >= 15 is 0 Å². The summed E-state index contributed by atoms with van der Waals surface area (Å²) in [5.41, 5.74) is 9.00. The number of urea groups is 1. The Morgan fingerprint density at radius 1 is 1.04 bits per heavy atom. The van der Waals surface area contributed by atoms with Crippen LogP contribution in [0.4, 0.5) is 10.5 Å². The Kier molecular flexibility index (Phi) is 9.06. The number of carbonyl (C=O) groups excluding carboxylic acids is 1. The third kappa shape index (κ3) is 7.03. The summed E-state index contributed by atoms with van der Waals surface area (Å²) >= 11 is 0. The first-order valence-corrected chi connectivity index (χ1v) is 9.43. The van der Waals surface area contributed by atoms with Gasteiger partial charge in [-0.15, -0.1) is 24.0 Å². The SMILES string of the molecule is I.NC(=NCc1cccc(NC(=O)N2CCCC2)c1)NCCc1ccccc1. The van der Waals surface area contributed by atoms with Crippen molar-refractivity contribution in [3.63, 3.8) is 0 Å². The van der Waals surface area contributed by atoms with Crippen molar-refractivity contribution in [3.05, 3.63) is 65.7 Å². The van der Waals surface area contributed by atoms with Crippen molar-refractivity contribution >= 4 is 41.7 Å². The lowest BCUT2D eigenvalue weighted by Crippen LogP contribution is -2.33. The Hall–Kier alpha value is -2.29. The Bertz CT molecular complexity index is 775. The number of carbonyl (C=O) groups is 1. The number of hydrogen-bond acceptors (Lipinski definition) is 2. The number of guanidine groups is 1. The number of nitrogens with one attached hydrogen (secondary N) is 2. The Balaban J connectivity index is 0.00000280. The van der Waals surface area contributed by atoms with Gasteiger partial charge >= 0.3 is 6.03 Å². The summed E-state index contributed by atoms with van der Waals surface area (Å²) in [6.45, 7) is 2.88. The predicted molar refractivity (Wildman–Crippen MR) is 125 cm³/mol. The number of nitrogens with two attached hydrogens (primary N) is 1. The molecule has 0 spiro atoms. The van der Waals surface area contributed by atoms with Gasteiger partial charge in [0.25, 0.3) is 0 Å². The van der Waals surface area contributed by atoms with Crippen molar-refractivity contribution in [2.75, 3.05) is 25.0 Å². The summed E-state index contributed by atoms with van der Waals surface area (Å²) in [6.07, 6.45) is 3.06. The van der Waals surface area contributed by atoms with Crippen LogP contribution in [0.25, 0.3) is 0 Å². The molecule has 28 heavy (non-hydrogen) atoms. The third-order valence-electron chi connectivity index (χ3n) is 4.57. The Labute approximate surface area is 183 Å². The van der Waals surface area contributed by atoms with Gasteiger partial charge in [-0.2, -0.15) is 0 Å². The zero-order chi connectivity index (χ0) is 18.9. The summed E-state index contributed by atoms with van der Waals surface area (Å²) in [7, 11) is 0. The lowest BCUT2D eigenvalue weighted by atomic mass is 10.1. The zero-order valence-electron chi connectivity index (χ0n) is 15.9. The third-order valence-corrected chi connectivity index (χ3v) is 4.57. The predicted octanol–water partition coefficient (Wildman–Crippen LogP) is 3.58. The number of nitrogens with zero attached hydrogens (tertiary/aromatic N) is 2. The van der Waals surface area contributed by atoms with Crippen molar-refractivity contribution in [3.8, 4) is 0 Å². The van der Waals surface area contributed by atoms with Crippen molar-refractivity contribution in [2.24, 2.45) is 10.7 Å². The van der Waals surface area contributed by atoms with Gasteiger partial charge in [0.15, 0.2) is 5.96 Å². The smallest absolute Gasteiger partial charge is 0.321 e. The molecule has 7 heteroatoms. The molecule has 0 unspecified atom stereocenters. The minimum Gasteiger partial charge on any atom is -0.370 e. The molecule has 0 radical (unpaired) electrons. The molecule has 150 valence electrons. The maximum absolute atomic E-state index is 12.2. The van der Waals surface area contributed by atoms with Gasteiger partial charge in [0, 0.05) is 25.3 Å². The van der Waals surface area contributed by atoms with Crippen LogP contribution in [0.1, 0.15) is 24.0 Å². The molecule has 1 heterocycles. The molecule has 2 amide bonds. The van der Waals surface area contributed by atoms with Gasteiger partial charge in [0.05, 0.1) is 6.54 Å². The van der Waals surface area contributed by atoms with E-state index in [1.807, 2.05) is 47.4 Å². The molecule has 3 rings (SSSR count). The van der Waals surface area contributed by atoms with E-state index in [4.69, 9.17) is 5.73 Å². The molecule has 6 nitrogen and oxygen atoms in total. The number of halogens is 1. The first-order valence-electron chi connectivity index (χ1n) is 9.43. The number of hydrogen-bond donors (Lipinski definition) is 3. The summed E-state index contributed by atoms with van der Waals surface area (Å²) in [4.78, 5) is 18.4. The largest absolute Gasteiger partial charge is 0.370 e. The second kappa shape index (κ2) is 11.5. The van der Waals surface area contributed by atoms with E-state index in [9.17, 15) is 4.79 Å². The van der Waals surface area contributed by atoms with E-state index < -0.39 is 0 Å². The highest BCUT2D eigenvalue weighted by atomic mass is 127. The fraction of sp³-hybridized carbons (Fsp3) is 0.333. The van der Waals surface area contributed by atoms with Crippen LogP contribution in [-0.2, 0) is 13.0 Å². The molecule has 0 aromatic heterocycles. The second-order valence-electron chi connectivity index (χ2n) is 6.69. The molecular weight excluding hydrogens is 465 g/mol. The first kappa shape index (κ1) is 22.0. The summed E-state index contributed by atoms with van der Waals surface area (Å²) < 4.78 is 0. The molecule has 0 saturated carbocycles. The van der Waals surface area contributed by atoms with E-state index in [2.05, 4.69) is 27.8 Å². The van der Waals surface area contributed by atoms with Crippen molar-refractivity contribution in [2.45, 2.75) is 25.8 Å². The van der Waals surface area contributed by atoms with Gasteiger partial charge in [-0.1, -0.05) is 42.5 Å². The molecular formula is C21H28IN5O. The number of benzene rings is 2. The van der Waals surface area contributed by atoms with Gasteiger partial charge in [-0.05, 0) is 42.5 Å². The van der Waals surface area contributed by atoms with Crippen LogP contribution in [0.15, 0.2) is 59.6 Å². The topological polar surface area (TPSA) is 82.7 Å². The second-order valence-corrected chi connectivity index (χ2v) is 6.69. The maximum Gasteiger partial charge on any atom is 0.321 e. The van der Waals surface area contributed by atoms with Gasteiger partial charge in [0.1, 0.15) is 0 Å². The lowest BCUT2D eigenvalue weighted by Gasteiger charge is -2.16. The molecule has 0 atom stereocenters. The number of rotatable bonds is 6. The molecule has 4 N–H and O–H groups in total. The van der Waals surface area contributed by atoms with Crippen molar-refractivity contribution < 1.29 is 4.79 Å². The van der Waals surface area contributed by atoms with E-state index in [0.29, 0.717) is 12.5 Å². The fourth-order valence-corrected chi connectivity index (χ4v) is 3.08. The van der Waals surface area contributed by atoms with Crippen LogP contribution in [0.3, 0.4) is 0 Å². The molecule has 2 aromatic rings. The van der Waals surface area contributed by atoms with Gasteiger partial charge in [-0.25, -0.2) is 9.79 Å². The zero-order valence-corrected chi connectivity index (χ0v) is 18.3. The van der Waals surface area contributed by atoms with Crippen LogP contribution in [-0.4, -0.2) is 36.5 Å². The summed E-state index contributed by atoms with van der Waals surface area (Å²) in [5, 5.41) is 6.09. The highest BCUT2D eigenvalue weighted by Gasteiger charge is 2.17. The van der Waals surface area contributed by atoms with Crippen LogP contribution < -0.4 is 16.4 Å². The summed E-state index contributed by atoms with van der Waals surface area (Å²) in [5.74, 6) is 0.428. The van der Waals surface area contributed by atoms with Gasteiger partial charge in [0.2, 0.25) is 0 Å². The van der Waals surface area contributed by atoms with E-state index in [-0.39, 0.29) is 30.0 Å². The van der Waals surface area contributed by atoms with Crippen LogP contribution in [0, 0.1) is 0 Å².